The molecule has 0 saturated heterocycles. The zero-order valence-electron chi connectivity index (χ0n) is 12.4. The number of esters is 1. The standard InChI is InChI=1S/C16H12ClNO6/c17-13-3-1-2-10(4-13)16(19)23-8-12-6-14(18(20)21)5-11-7-22-9-24-15(11)12/h1-6H,7-9H2. The Morgan fingerprint density at radius 3 is 2.92 bits per heavy atom. The van der Waals surface area contributed by atoms with Crippen molar-refractivity contribution in [2.24, 2.45) is 0 Å². The number of carbonyl (C=O) groups excluding carboxylic acids is 1. The molecule has 0 radical (unpaired) electrons. The van der Waals surface area contributed by atoms with Crippen LogP contribution in [0, 0.1) is 10.1 Å². The van der Waals surface area contributed by atoms with Crippen LogP contribution in [0.2, 0.25) is 5.02 Å². The summed E-state index contributed by atoms with van der Waals surface area (Å²) in [5, 5.41) is 11.5. The summed E-state index contributed by atoms with van der Waals surface area (Å²) in [7, 11) is 0. The van der Waals surface area contributed by atoms with Gasteiger partial charge < -0.3 is 14.2 Å². The van der Waals surface area contributed by atoms with Gasteiger partial charge in [0.05, 0.1) is 17.1 Å². The molecule has 2 aromatic rings. The average Bonchev–Trinajstić information content (AvgIpc) is 2.59. The molecule has 0 unspecified atom stereocenters. The number of fused-ring (bicyclic) bond motifs is 1. The molecule has 0 aliphatic carbocycles. The smallest absolute Gasteiger partial charge is 0.338 e. The third kappa shape index (κ3) is 3.47. The van der Waals surface area contributed by atoms with Crippen LogP contribution in [0.1, 0.15) is 21.5 Å². The maximum atomic E-state index is 12.1. The lowest BCUT2D eigenvalue weighted by Crippen LogP contribution is -2.15. The van der Waals surface area contributed by atoms with Crippen LogP contribution in [-0.4, -0.2) is 17.7 Å². The van der Waals surface area contributed by atoms with Crippen molar-refractivity contribution < 1.29 is 23.9 Å². The number of nitrogens with zero attached hydrogens (tertiary/aromatic N) is 1. The zero-order chi connectivity index (χ0) is 17.1. The van der Waals surface area contributed by atoms with Crippen LogP contribution in [0.15, 0.2) is 36.4 Å². The highest BCUT2D eigenvalue weighted by atomic mass is 35.5. The van der Waals surface area contributed by atoms with Crippen molar-refractivity contribution in [1.82, 2.24) is 0 Å². The molecule has 1 heterocycles. The monoisotopic (exact) mass is 349 g/mol. The molecule has 0 aromatic heterocycles. The van der Waals surface area contributed by atoms with Gasteiger partial charge in [0.2, 0.25) is 0 Å². The summed E-state index contributed by atoms with van der Waals surface area (Å²) < 4.78 is 15.7. The van der Waals surface area contributed by atoms with Crippen LogP contribution < -0.4 is 4.74 Å². The van der Waals surface area contributed by atoms with Crippen molar-refractivity contribution in [2.75, 3.05) is 6.79 Å². The topological polar surface area (TPSA) is 87.9 Å². The summed E-state index contributed by atoms with van der Waals surface area (Å²) in [6.07, 6.45) is 0. The van der Waals surface area contributed by atoms with Crippen LogP contribution in [0.25, 0.3) is 0 Å². The highest BCUT2D eigenvalue weighted by Gasteiger charge is 2.22. The Hall–Kier alpha value is -2.64. The molecule has 124 valence electrons. The molecule has 0 N–H and O–H groups in total. The number of hydrogen-bond donors (Lipinski definition) is 0. The van der Waals surface area contributed by atoms with Crippen molar-refractivity contribution in [3.63, 3.8) is 0 Å². The van der Waals surface area contributed by atoms with Crippen LogP contribution in [0.4, 0.5) is 5.69 Å². The minimum Gasteiger partial charge on any atom is -0.467 e. The average molecular weight is 350 g/mol. The molecular formula is C16H12ClNO6. The van der Waals surface area contributed by atoms with Crippen molar-refractivity contribution in [1.29, 1.82) is 0 Å². The molecule has 24 heavy (non-hydrogen) atoms. The van der Waals surface area contributed by atoms with Crippen molar-refractivity contribution in [3.05, 3.63) is 68.2 Å². The number of ether oxygens (including phenoxy) is 3. The van der Waals surface area contributed by atoms with Gasteiger partial charge in [-0.1, -0.05) is 17.7 Å². The van der Waals surface area contributed by atoms with Crippen LogP contribution >= 0.6 is 11.6 Å². The van der Waals surface area contributed by atoms with Crippen LogP contribution in [0.5, 0.6) is 5.75 Å². The van der Waals surface area contributed by atoms with Gasteiger partial charge in [0.1, 0.15) is 12.4 Å². The van der Waals surface area contributed by atoms with E-state index < -0.39 is 10.9 Å². The lowest BCUT2D eigenvalue weighted by molar-refractivity contribution is -0.385. The molecule has 0 spiro atoms. The molecule has 0 bridgehead atoms. The Bertz CT molecular complexity index is 807. The van der Waals surface area contributed by atoms with Gasteiger partial charge in [-0.25, -0.2) is 4.79 Å². The van der Waals surface area contributed by atoms with Gasteiger partial charge in [0, 0.05) is 28.3 Å². The predicted octanol–water partition coefficient (Wildman–Crippen LogP) is 3.47. The fourth-order valence-corrected chi connectivity index (χ4v) is 2.53. The first-order chi connectivity index (χ1) is 11.5. The van der Waals surface area contributed by atoms with Crippen molar-refractivity contribution >= 4 is 23.3 Å². The minimum absolute atomic E-state index is 0.0417. The fraction of sp³-hybridized carbons (Fsp3) is 0.188. The predicted molar refractivity (Wildman–Crippen MR) is 84.0 cm³/mol. The van der Waals surface area contributed by atoms with Gasteiger partial charge in [-0.3, -0.25) is 10.1 Å². The molecule has 3 rings (SSSR count). The van der Waals surface area contributed by atoms with E-state index in [1.165, 1.54) is 18.2 Å². The van der Waals surface area contributed by atoms with Gasteiger partial charge in [-0.05, 0) is 18.2 Å². The number of nitro groups is 1. The third-order valence-electron chi connectivity index (χ3n) is 3.40. The first kappa shape index (κ1) is 16.2. The first-order valence-electron chi connectivity index (χ1n) is 6.98. The van der Waals surface area contributed by atoms with E-state index >= 15 is 0 Å². The molecule has 1 aliphatic rings. The Morgan fingerprint density at radius 1 is 1.33 bits per heavy atom. The Balaban J connectivity index is 1.82. The quantitative estimate of drug-likeness (QED) is 0.477. The Morgan fingerprint density at radius 2 is 2.17 bits per heavy atom. The second-order valence-electron chi connectivity index (χ2n) is 5.05. The largest absolute Gasteiger partial charge is 0.467 e. The minimum atomic E-state index is -0.579. The van der Waals surface area contributed by atoms with E-state index in [2.05, 4.69) is 0 Å². The summed E-state index contributed by atoms with van der Waals surface area (Å²) in [4.78, 5) is 22.6. The number of hydrogen-bond acceptors (Lipinski definition) is 6. The number of carbonyl (C=O) groups is 1. The summed E-state index contributed by atoms with van der Waals surface area (Å²) in [6.45, 7) is 0.0850. The second-order valence-corrected chi connectivity index (χ2v) is 5.48. The summed E-state index contributed by atoms with van der Waals surface area (Å²) in [6, 6.07) is 9.04. The Kier molecular flexibility index (Phi) is 4.64. The van der Waals surface area contributed by atoms with Gasteiger partial charge in [0.15, 0.2) is 6.79 Å². The van der Waals surface area contributed by atoms with E-state index in [-0.39, 0.29) is 25.7 Å². The molecular weight excluding hydrogens is 338 g/mol. The molecule has 0 saturated carbocycles. The zero-order valence-corrected chi connectivity index (χ0v) is 13.1. The molecule has 1 aliphatic heterocycles. The lowest BCUT2D eigenvalue weighted by atomic mass is 10.1. The van der Waals surface area contributed by atoms with Gasteiger partial charge in [-0.15, -0.1) is 0 Å². The fourth-order valence-electron chi connectivity index (χ4n) is 2.34. The third-order valence-corrected chi connectivity index (χ3v) is 3.64. The summed E-state index contributed by atoms with van der Waals surface area (Å²) >= 11 is 5.84. The lowest BCUT2D eigenvalue weighted by Gasteiger charge is -2.20. The van der Waals surface area contributed by atoms with Gasteiger partial charge >= 0.3 is 5.97 Å². The van der Waals surface area contributed by atoms with E-state index in [1.54, 1.807) is 18.2 Å². The number of rotatable bonds is 4. The number of non-ortho nitro benzene ring substituents is 1. The molecule has 0 atom stereocenters. The van der Waals surface area contributed by atoms with Crippen LogP contribution in [0.3, 0.4) is 0 Å². The number of nitro benzene ring substituents is 1. The normalized spacial score (nSPS) is 12.9. The molecule has 0 amide bonds. The summed E-state index contributed by atoms with van der Waals surface area (Å²) in [5.74, 6) is -0.129. The second kappa shape index (κ2) is 6.86. The van der Waals surface area contributed by atoms with Crippen molar-refractivity contribution in [2.45, 2.75) is 13.2 Å². The molecule has 0 fully saturated rings. The molecule has 2 aromatic carbocycles. The molecule has 7 nitrogen and oxygen atoms in total. The highest BCUT2D eigenvalue weighted by molar-refractivity contribution is 6.30. The summed E-state index contributed by atoms with van der Waals surface area (Å²) in [5.41, 5.74) is 1.14. The van der Waals surface area contributed by atoms with E-state index in [4.69, 9.17) is 25.8 Å². The van der Waals surface area contributed by atoms with Crippen LogP contribution in [-0.2, 0) is 22.7 Å². The number of benzene rings is 2. The first-order valence-corrected chi connectivity index (χ1v) is 7.36. The van der Waals surface area contributed by atoms with E-state index in [1.807, 2.05) is 0 Å². The van der Waals surface area contributed by atoms with Crippen molar-refractivity contribution in [3.8, 4) is 5.75 Å². The van der Waals surface area contributed by atoms with Gasteiger partial charge in [0.25, 0.3) is 5.69 Å². The number of halogens is 1. The maximum Gasteiger partial charge on any atom is 0.338 e. The Labute approximate surface area is 141 Å². The SMILES string of the molecule is O=C(OCc1cc([N+](=O)[O-])cc2c1OCOC2)c1cccc(Cl)c1. The van der Waals surface area contributed by atoms with E-state index in [9.17, 15) is 14.9 Å². The maximum absolute atomic E-state index is 12.1. The van der Waals surface area contributed by atoms with Gasteiger partial charge in [-0.2, -0.15) is 0 Å². The van der Waals surface area contributed by atoms with E-state index in [0.29, 0.717) is 27.5 Å². The van der Waals surface area contributed by atoms with E-state index in [0.717, 1.165) is 0 Å². The highest BCUT2D eigenvalue weighted by Crippen LogP contribution is 2.33. The molecule has 8 heteroatoms.